The van der Waals surface area contributed by atoms with E-state index in [1.807, 2.05) is 0 Å². The molecule has 0 saturated carbocycles. The lowest BCUT2D eigenvalue weighted by molar-refractivity contribution is 0.0957. The standard InChI is InChI=1S/C12H22O3/c1-3-7-14-9-5-12(11-13)6-10-15-8-4-2/h3-4,12-13H,1-2,5-11H2. The van der Waals surface area contributed by atoms with Crippen LogP contribution in [-0.2, 0) is 9.47 Å². The Balaban J connectivity index is 3.37. The largest absolute Gasteiger partial charge is 0.396 e. The number of ether oxygens (including phenoxy) is 2. The minimum Gasteiger partial charge on any atom is -0.396 e. The molecule has 0 saturated heterocycles. The molecule has 0 rings (SSSR count). The maximum absolute atomic E-state index is 9.09. The second-order valence-corrected chi connectivity index (χ2v) is 3.35. The highest BCUT2D eigenvalue weighted by atomic mass is 16.5. The smallest absolute Gasteiger partial charge is 0.0644 e. The lowest BCUT2D eigenvalue weighted by atomic mass is 10.0. The molecule has 3 heteroatoms. The van der Waals surface area contributed by atoms with E-state index in [-0.39, 0.29) is 12.5 Å². The van der Waals surface area contributed by atoms with Crippen molar-refractivity contribution in [1.29, 1.82) is 0 Å². The Labute approximate surface area is 92.4 Å². The van der Waals surface area contributed by atoms with Gasteiger partial charge in [-0.15, -0.1) is 13.2 Å². The second kappa shape index (κ2) is 11.4. The number of aliphatic hydroxyl groups is 1. The fourth-order valence-electron chi connectivity index (χ4n) is 1.16. The van der Waals surface area contributed by atoms with Crippen LogP contribution in [0.3, 0.4) is 0 Å². The number of rotatable bonds is 11. The first-order valence-corrected chi connectivity index (χ1v) is 5.33. The molecule has 0 aromatic carbocycles. The molecule has 0 amide bonds. The topological polar surface area (TPSA) is 38.7 Å². The van der Waals surface area contributed by atoms with Crippen molar-refractivity contribution in [3.05, 3.63) is 25.3 Å². The number of aliphatic hydroxyl groups excluding tert-OH is 1. The van der Waals surface area contributed by atoms with Crippen LogP contribution in [0.25, 0.3) is 0 Å². The third-order valence-corrected chi connectivity index (χ3v) is 2.07. The Bertz CT molecular complexity index is 141. The molecule has 0 spiro atoms. The van der Waals surface area contributed by atoms with Crippen LogP contribution < -0.4 is 0 Å². The van der Waals surface area contributed by atoms with E-state index in [1.54, 1.807) is 12.2 Å². The van der Waals surface area contributed by atoms with E-state index >= 15 is 0 Å². The highest BCUT2D eigenvalue weighted by molar-refractivity contribution is 4.65. The maximum atomic E-state index is 9.09. The minimum absolute atomic E-state index is 0.189. The zero-order valence-corrected chi connectivity index (χ0v) is 9.36. The van der Waals surface area contributed by atoms with Gasteiger partial charge in [0.05, 0.1) is 13.2 Å². The van der Waals surface area contributed by atoms with Gasteiger partial charge in [-0.3, -0.25) is 0 Å². The van der Waals surface area contributed by atoms with Gasteiger partial charge in [-0.1, -0.05) is 12.2 Å². The molecule has 0 atom stereocenters. The van der Waals surface area contributed by atoms with Gasteiger partial charge < -0.3 is 14.6 Å². The molecule has 0 aliphatic rings. The van der Waals surface area contributed by atoms with Crippen LogP contribution in [0.1, 0.15) is 12.8 Å². The molecule has 0 bridgehead atoms. The van der Waals surface area contributed by atoms with E-state index in [2.05, 4.69) is 13.2 Å². The van der Waals surface area contributed by atoms with Crippen molar-refractivity contribution < 1.29 is 14.6 Å². The highest BCUT2D eigenvalue weighted by Crippen LogP contribution is 2.08. The molecule has 0 fully saturated rings. The molecule has 1 N–H and O–H groups in total. The van der Waals surface area contributed by atoms with Gasteiger partial charge in [-0.05, 0) is 18.8 Å². The maximum Gasteiger partial charge on any atom is 0.0644 e. The van der Waals surface area contributed by atoms with E-state index in [0.717, 1.165) is 12.8 Å². The van der Waals surface area contributed by atoms with Crippen LogP contribution in [0.4, 0.5) is 0 Å². The van der Waals surface area contributed by atoms with Crippen LogP contribution in [0.5, 0.6) is 0 Å². The summed E-state index contributed by atoms with van der Waals surface area (Å²) in [6, 6.07) is 0. The van der Waals surface area contributed by atoms with Gasteiger partial charge in [-0.25, -0.2) is 0 Å². The van der Waals surface area contributed by atoms with Crippen molar-refractivity contribution in [2.24, 2.45) is 5.92 Å². The lowest BCUT2D eigenvalue weighted by Gasteiger charge is -2.13. The summed E-state index contributed by atoms with van der Waals surface area (Å²) < 4.78 is 10.5. The van der Waals surface area contributed by atoms with Gasteiger partial charge in [0.25, 0.3) is 0 Å². The first kappa shape index (κ1) is 14.4. The molecule has 0 aliphatic heterocycles. The molecule has 0 radical (unpaired) electrons. The molecule has 0 aliphatic carbocycles. The number of hydrogen-bond acceptors (Lipinski definition) is 3. The minimum atomic E-state index is 0.189. The average Bonchev–Trinajstić information content (AvgIpc) is 2.27. The summed E-state index contributed by atoms with van der Waals surface area (Å²) in [6.45, 7) is 9.80. The molecular formula is C12H22O3. The monoisotopic (exact) mass is 214 g/mol. The summed E-state index contributed by atoms with van der Waals surface area (Å²) >= 11 is 0. The predicted octanol–water partition coefficient (Wildman–Crippen LogP) is 1.78. The molecule has 15 heavy (non-hydrogen) atoms. The third-order valence-electron chi connectivity index (χ3n) is 2.07. The molecule has 0 aromatic heterocycles. The third kappa shape index (κ3) is 9.66. The normalized spacial score (nSPS) is 10.5. The van der Waals surface area contributed by atoms with Crippen molar-refractivity contribution >= 4 is 0 Å². The van der Waals surface area contributed by atoms with E-state index in [0.29, 0.717) is 26.4 Å². The Morgan fingerprint density at radius 1 is 1.00 bits per heavy atom. The molecular weight excluding hydrogens is 192 g/mol. The number of hydrogen-bond donors (Lipinski definition) is 1. The Hall–Kier alpha value is -0.640. The van der Waals surface area contributed by atoms with Crippen LogP contribution in [0.15, 0.2) is 25.3 Å². The van der Waals surface area contributed by atoms with Crippen LogP contribution in [-0.4, -0.2) is 38.1 Å². The first-order valence-electron chi connectivity index (χ1n) is 5.33. The van der Waals surface area contributed by atoms with E-state index in [9.17, 15) is 0 Å². The van der Waals surface area contributed by atoms with Crippen LogP contribution in [0, 0.1) is 5.92 Å². The van der Waals surface area contributed by atoms with Gasteiger partial charge in [0.2, 0.25) is 0 Å². The van der Waals surface area contributed by atoms with E-state index in [4.69, 9.17) is 14.6 Å². The fraction of sp³-hybridized carbons (Fsp3) is 0.667. The summed E-state index contributed by atoms with van der Waals surface area (Å²) in [4.78, 5) is 0. The SMILES string of the molecule is C=CCOCCC(CO)CCOCC=C. The molecule has 0 heterocycles. The Morgan fingerprint density at radius 2 is 1.47 bits per heavy atom. The summed E-state index contributed by atoms with van der Waals surface area (Å²) in [5.41, 5.74) is 0. The van der Waals surface area contributed by atoms with E-state index in [1.165, 1.54) is 0 Å². The van der Waals surface area contributed by atoms with Crippen LogP contribution >= 0.6 is 0 Å². The van der Waals surface area contributed by atoms with Gasteiger partial charge in [0.1, 0.15) is 0 Å². The van der Waals surface area contributed by atoms with Crippen molar-refractivity contribution in [3.63, 3.8) is 0 Å². The summed E-state index contributed by atoms with van der Waals surface area (Å²) in [5.74, 6) is 0.264. The van der Waals surface area contributed by atoms with E-state index < -0.39 is 0 Å². The average molecular weight is 214 g/mol. The van der Waals surface area contributed by atoms with Gasteiger partial charge >= 0.3 is 0 Å². The van der Waals surface area contributed by atoms with Gasteiger partial charge in [0.15, 0.2) is 0 Å². The zero-order valence-electron chi connectivity index (χ0n) is 9.36. The van der Waals surface area contributed by atoms with Crippen molar-refractivity contribution in [3.8, 4) is 0 Å². The van der Waals surface area contributed by atoms with Crippen molar-refractivity contribution in [1.82, 2.24) is 0 Å². The highest BCUT2D eigenvalue weighted by Gasteiger charge is 2.06. The zero-order chi connectivity index (χ0) is 11.4. The summed E-state index contributed by atoms with van der Waals surface area (Å²) in [5, 5.41) is 9.09. The van der Waals surface area contributed by atoms with Crippen molar-refractivity contribution in [2.75, 3.05) is 33.0 Å². The Morgan fingerprint density at radius 3 is 1.80 bits per heavy atom. The van der Waals surface area contributed by atoms with Crippen LogP contribution in [0.2, 0.25) is 0 Å². The summed E-state index contributed by atoms with van der Waals surface area (Å²) in [6.07, 6.45) is 5.17. The molecule has 88 valence electrons. The van der Waals surface area contributed by atoms with Gasteiger partial charge in [-0.2, -0.15) is 0 Å². The quantitative estimate of drug-likeness (QED) is 0.421. The first-order chi connectivity index (χ1) is 7.35. The second-order valence-electron chi connectivity index (χ2n) is 3.35. The van der Waals surface area contributed by atoms with Crippen molar-refractivity contribution in [2.45, 2.75) is 12.8 Å². The molecule has 3 nitrogen and oxygen atoms in total. The Kier molecular flexibility index (Phi) is 10.9. The summed E-state index contributed by atoms with van der Waals surface area (Å²) in [7, 11) is 0. The predicted molar refractivity (Wildman–Crippen MR) is 61.8 cm³/mol. The lowest BCUT2D eigenvalue weighted by Crippen LogP contribution is -2.12. The molecule has 0 aromatic rings. The fourth-order valence-corrected chi connectivity index (χ4v) is 1.16. The molecule has 0 unspecified atom stereocenters. The van der Waals surface area contributed by atoms with Gasteiger partial charge in [0, 0.05) is 19.8 Å².